The third-order valence-corrected chi connectivity index (χ3v) is 6.32. The minimum Gasteiger partial charge on any atom is -0.478 e. The molecule has 36 heavy (non-hydrogen) atoms. The highest BCUT2D eigenvalue weighted by atomic mass is 32.1. The number of carboxylic acids is 2. The molecule has 1 fully saturated rings. The number of thiocarbonyl (C=S) groups is 1. The van der Waals surface area contributed by atoms with Crippen LogP contribution in [0.2, 0.25) is 0 Å². The number of hydrogen-bond acceptors (Lipinski definition) is 5. The van der Waals surface area contributed by atoms with E-state index in [-0.39, 0.29) is 17.2 Å². The number of rotatable bonds is 6. The SMILES string of the molecule is Cc1cccc(N2C(=S)N[C@@H](c3ccccn3)[C@H]2c2ccc(-c3cc(C(=O)O)cc(C(=O)O)c3)o2)c1. The monoisotopic (exact) mass is 499 g/mol. The van der Waals surface area contributed by atoms with Gasteiger partial charge in [-0.15, -0.1) is 0 Å². The highest BCUT2D eigenvalue weighted by Gasteiger charge is 2.42. The number of carbonyl (C=O) groups is 2. The van der Waals surface area contributed by atoms with Gasteiger partial charge in [0.15, 0.2) is 5.11 Å². The number of pyridine rings is 1. The smallest absolute Gasteiger partial charge is 0.335 e. The second-order valence-electron chi connectivity index (χ2n) is 8.45. The molecule has 0 saturated carbocycles. The van der Waals surface area contributed by atoms with Crippen LogP contribution in [0, 0.1) is 6.92 Å². The fourth-order valence-electron chi connectivity index (χ4n) is 4.38. The second-order valence-corrected chi connectivity index (χ2v) is 8.83. The third kappa shape index (κ3) is 4.32. The quantitative estimate of drug-likeness (QED) is 0.307. The number of nitrogens with one attached hydrogen (secondary N) is 1. The molecule has 2 aromatic heterocycles. The Hall–Kier alpha value is -4.50. The van der Waals surface area contributed by atoms with Crippen molar-refractivity contribution in [3.63, 3.8) is 0 Å². The van der Waals surface area contributed by atoms with Crippen LogP contribution in [-0.2, 0) is 0 Å². The molecule has 0 unspecified atom stereocenters. The summed E-state index contributed by atoms with van der Waals surface area (Å²) in [5, 5.41) is 22.8. The van der Waals surface area contributed by atoms with Crippen LogP contribution in [0.25, 0.3) is 11.3 Å². The molecule has 1 saturated heterocycles. The lowest BCUT2D eigenvalue weighted by molar-refractivity contribution is 0.0696. The first-order chi connectivity index (χ1) is 17.3. The van der Waals surface area contributed by atoms with Crippen molar-refractivity contribution in [1.82, 2.24) is 10.3 Å². The largest absolute Gasteiger partial charge is 0.478 e. The number of benzene rings is 2. The summed E-state index contributed by atoms with van der Waals surface area (Å²) in [6.07, 6.45) is 1.71. The number of furan rings is 1. The van der Waals surface area contributed by atoms with Gasteiger partial charge in [-0.1, -0.05) is 18.2 Å². The van der Waals surface area contributed by atoms with Gasteiger partial charge >= 0.3 is 11.9 Å². The van der Waals surface area contributed by atoms with E-state index in [1.807, 2.05) is 54.3 Å². The van der Waals surface area contributed by atoms with E-state index < -0.39 is 18.0 Å². The zero-order valence-electron chi connectivity index (χ0n) is 19.1. The van der Waals surface area contributed by atoms with Crippen molar-refractivity contribution in [1.29, 1.82) is 0 Å². The van der Waals surface area contributed by atoms with Crippen LogP contribution in [0.1, 0.15) is 49.8 Å². The molecule has 1 aliphatic heterocycles. The predicted octanol–water partition coefficient (Wildman–Crippen LogP) is 5.22. The molecule has 0 bridgehead atoms. The average Bonchev–Trinajstić information content (AvgIpc) is 3.49. The Labute approximate surface area is 211 Å². The number of hydrogen-bond donors (Lipinski definition) is 3. The van der Waals surface area contributed by atoms with Gasteiger partial charge in [-0.05, 0) is 79.3 Å². The van der Waals surface area contributed by atoms with Crippen LogP contribution in [0.5, 0.6) is 0 Å². The summed E-state index contributed by atoms with van der Waals surface area (Å²) >= 11 is 5.73. The Morgan fingerprint density at radius 1 is 0.972 bits per heavy atom. The number of aryl methyl sites for hydroxylation is 1. The molecule has 2 aromatic carbocycles. The Kier molecular flexibility index (Phi) is 5.99. The molecule has 9 heteroatoms. The van der Waals surface area contributed by atoms with Gasteiger partial charge in [0.1, 0.15) is 17.6 Å². The molecule has 4 aromatic rings. The Bertz CT molecular complexity index is 1450. The van der Waals surface area contributed by atoms with Crippen LogP contribution in [0.4, 0.5) is 5.69 Å². The maximum absolute atomic E-state index is 11.6. The normalized spacial score (nSPS) is 17.1. The van der Waals surface area contributed by atoms with E-state index in [9.17, 15) is 19.8 Å². The summed E-state index contributed by atoms with van der Waals surface area (Å²) in [5.41, 5.74) is 2.80. The van der Waals surface area contributed by atoms with Crippen molar-refractivity contribution in [3.8, 4) is 11.3 Å². The number of aromatic carboxylic acids is 2. The molecule has 2 atom stereocenters. The van der Waals surface area contributed by atoms with Gasteiger partial charge in [-0.2, -0.15) is 0 Å². The first-order valence-corrected chi connectivity index (χ1v) is 11.5. The predicted molar refractivity (Wildman–Crippen MR) is 137 cm³/mol. The van der Waals surface area contributed by atoms with Gasteiger partial charge in [0, 0.05) is 17.4 Å². The van der Waals surface area contributed by atoms with Crippen LogP contribution >= 0.6 is 12.2 Å². The minimum atomic E-state index is -1.22. The van der Waals surface area contributed by atoms with Crippen molar-refractivity contribution >= 4 is 35.0 Å². The average molecular weight is 500 g/mol. The standard InChI is InChI=1S/C27H21N3O5S/c1-15-5-4-6-19(11-15)30-24(23(29-27(30)36)20-7-2-3-10-28-20)22-9-8-21(35-22)16-12-17(25(31)32)14-18(13-16)26(33)34/h2-14,23-24H,1H3,(H,29,36)(H,31,32)(H,33,34)/t23-,24+/m0/s1. The van der Waals surface area contributed by atoms with E-state index >= 15 is 0 Å². The van der Waals surface area contributed by atoms with E-state index in [1.165, 1.54) is 12.1 Å². The van der Waals surface area contributed by atoms with Crippen molar-refractivity contribution < 1.29 is 24.2 Å². The van der Waals surface area contributed by atoms with Gasteiger partial charge in [0.25, 0.3) is 0 Å². The molecule has 3 N–H and O–H groups in total. The first-order valence-electron chi connectivity index (χ1n) is 11.1. The van der Waals surface area contributed by atoms with Gasteiger partial charge in [-0.25, -0.2) is 9.59 Å². The lowest BCUT2D eigenvalue weighted by Crippen LogP contribution is -2.29. The minimum absolute atomic E-state index is 0.140. The Morgan fingerprint density at radius 2 is 1.72 bits per heavy atom. The van der Waals surface area contributed by atoms with E-state index in [2.05, 4.69) is 10.3 Å². The topological polar surface area (TPSA) is 116 Å². The van der Waals surface area contributed by atoms with Gasteiger partial charge in [0.2, 0.25) is 0 Å². The van der Waals surface area contributed by atoms with E-state index in [1.54, 1.807) is 18.3 Å². The Balaban J connectivity index is 1.62. The Morgan fingerprint density at radius 3 is 2.36 bits per heavy atom. The van der Waals surface area contributed by atoms with Crippen molar-refractivity contribution in [2.24, 2.45) is 0 Å². The van der Waals surface area contributed by atoms with Crippen LogP contribution < -0.4 is 10.2 Å². The molecule has 5 rings (SSSR count). The highest BCUT2D eigenvalue weighted by Crippen LogP contribution is 2.43. The molecule has 0 aliphatic carbocycles. The van der Waals surface area contributed by atoms with Crippen LogP contribution in [0.15, 0.2) is 83.4 Å². The molecule has 0 radical (unpaired) electrons. The number of nitrogens with zero attached hydrogens (tertiary/aromatic N) is 2. The second kappa shape index (κ2) is 9.27. The van der Waals surface area contributed by atoms with Crippen molar-refractivity contribution in [2.75, 3.05) is 4.90 Å². The molecule has 1 aliphatic rings. The maximum Gasteiger partial charge on any atom is 0.335 e. The molecule has 180 valence electrons. The molecule has 0 amide bonds. The summed E-state index contributed by atoms with van der Waals surface area (Å²) in [7, 11) is 0. The maximum atomic E-state index is 11.6. The van der Waals surface area contributed by atoms with Crippen molar-refractivity contribution in [2.45, 2.75) is 19.0 Å². The van der Waals surface area contributed by atoms with Gasteiger partial charge in [-0.3, -0.25) is 4.98 Å². The molecular formula is C27H21N3O5S. The summed E-state index contributed by atoms with van der Waals surface area (Å²) in [5.74, 6) is -1.54. The van der Waals surface area contributed by atoms with Gasteiger partial charge in [0.05, 0.1) is 22.9 Å². The van der Waals surface area contributed by atoms with E-state index in [0.717, 1.165) is 23.0 Å². The summed E-state index contributed by atoms with van der Waals surface area (Å²) in [4.78, 5) is 29.6. The van der Waals surface area contributed by atoms with Crippen molar-refractivity contribution in [3.05, 3.63) is 107 Å². The summed E-state index contributed by atoms with van der Waals surface area (Å²) in [6, 6.07) is 20.3. The van der Waals surface area contributed by atoms with Crippen LogP contribution in [-0.4, -0.2) is 32.2 Å². The lowest BCUT2D eigenvalue weighted by atomic mass is 10.0. The zero-order chi connectivity index (χ0) is 25.4. The first kappa shape index (κ1) is 23.3. The molecule has 0 spiro atoms. The van der Waals surface area contributed by atoms with E-state index in [4.69, 9.17) is 16.6 Å². The lowest BCUT2D eigenvalue weighted by Gasteiger charge is -2.26. The number of aromatic nitrogens is 1. The molecule has 3 heterocycles. The van der Waals surface area contributed by atoms with Crippen LogP contribution in [0.3, 0.4) is 0 Å². The van der Waals surface area contributed by atoms with E-state index in [0.29, 0.717) is 22.2 Å². The van der Waals surface area contributed by atoms with Gasteiger partial charge < -0.3 is 24.8 Å². The number of carboxylic acid groups (broad SMARTS) is 2. The zero-order valence-corrected chi connectivity index (χ0v) is 19.9. The molecule has 8 nitrogen and oxygen atoms in total. The fraction of sp³-hybridized carbons (Fsp3) is 0.111. The highest BCUT2D eigenvalue weighted by molar-refractivity contribution is 7.80. The summed E-state index contributed by atoms with van der Waals surface area (Å²) in [6.45, 7) is 2.00. The third-order valence-electron chi connectivity index (χ3n) is 6.01. The molecular weight excluding hydrogens is 478 g/mol. The fourth-order valence-corrected chi connectivity index (χ4v) is 4.73. The summed E-state index contributed by atoms with van der Waals surface area (Å²) < 4.78 is 6.25. The number of anilines is 1.